The van der Waals surface area contributed by atoms with Crippen LogP contribution in [0.1, 0.15) is 40.7 Å². The number of nitrogens with one attached hydrogen (secondary N) is 2. The number of hydrogen-bond acceptors (Lipinski definition) is 4. The first-order valence-electron chi connectivity index (χ1n) is 7.16. The van der Waals surface area contributed by atoms with E-state index in [1.807, 2.05) is 38.1 Å². The van der Waals surface area contributed by atoms with Gasteiger partial charge in [-0.25, -0.2) is 0 Å². The maximum Gasteiger partial charge on any atom is 0.253 e. The molecule has 1 heterocycles. The van der Waals surface area contributed by atoms with Gasteiger partial charge in [0.1, 0.15) is 5.76 Å². The number of carbonyl (C=O) groups is 1. The Bertz CT molecular complexity index is 600. The maximum atomic E-state index is 12.3. The van der Waals surface area contributed by atoms with Gasteiger partial charge in [-0.2, -0.15) is 0 Å². The lowest BCUT2D eigenvalue weighted by atomic mass is 10.1. The molecule has 0 aliphatic carbocycles. The number of rotatable bonds is 6. The molecule has 0 fully saturated rings. The van der Waals surface area contributed by atoms with E-state index in [2.05, 4.69) is 22.7 Å². The SMILES string of the molecule is CCCNc1ccccc1C(=O)NCc1c(C)noc1C. The van der Waals surface area contributed by atoms with Crippen LogP contribution in [0.15, 0.2) is 28.8 Å². The van der Waals surface area contributed by atoms with Crippen LogP contribution >= 0.6 is 0 Å². The second-order valence-corrected chi connectivity index (χ2v) is 4.96. The molecule has 5 heteroatoms. The number of aromatic nitrogens is 1. The fourth-order valence-electron chi connectivity index (χ4n) is 2.11. The van der Waals surface area contributed by atoms with Crippen molar-refractivity contribution in [3.8, 4) is 0 Å². The molecule has 0 aliphatic heterocycles. The first-order chi connectivity index (χ1) is 10.1. The highest BCUT2D eigenvalue weighted by Gasteiger charge is 2.13. The number of para-hydroxylation sites is 1. The smallest absolute Gasteiger partial charge is 0.253 e. The summed E-state index contributed by atoms with van der Waals surface area (Å²) in [5.41, 5.74) is 3.25. The molecular weight excluding hydrogens is 266 g/mol. The van der Waals surface area contributed by atoms with Crippen LogP contribution < -0.4 is 10.6 Å². The van der Waals surface area contributed by atoms with Crippen LogP contribution in [-0.2, 0) is 6.54 Å². The van der Waals surface area contributed by atoms with E-state index in [-0.39, 0.29) is 5.91 Å². The molecule has 2 aromatic rings. The molecule has 0 radical (unpaired) electrons. The molecule has 1 aromatic heterocycles. The van der Waals surface area contributed by atoms with Gasteiger partial charge in [0.2, 0.25) is 0 Å². The monoisotopic (exact) mass is 287 g/mol. The van der Waals surface area contributed by atoms with E-state index in [9.17, 15) is 4.79 Å². The van der Waals surface area contributed by atoms with Crippen LogP contribution in [0.25, 0.3) is 0 Å². The van der Waals surface area contributed by atoms with Crippen LogP contribution in [0.4, 0.5) is 5.69 Å². The lowest BCUT2D eigenvalue weighted by Gasteiger charge is -2.11. The highest BCUT2D eigenvalue weighted by molar-refractivity contribution is 5.99. The number of nitrogens with zero attached hydrogens (tertiary/aromatic N) is 1. The maximum absolute atomic E-state index is 12.3. The molecule has 0 saturated heterocycles. The minimum Gasteiger partial charge on any atom is -0.384 e. The quantitative estimate of drug-likeness (QED) is 0.857. The molecule has 0 spiro atoms. The van der Waals surface area contributed by atoms with E-state index < -0.39 is 0 Å². The van der Waals surface area contributed by atoms with Crippen LogP contribution in [0, 0.1) is 13.8 Å². The van der Waals surface area contributed by atoms with Gasteiger partial charge in [0.15, 0.2) is 0 Å². The Hall–Kier alpha value is -2.30. The number of hydrogen-bond donors (Lipinski definition) is 2. The Kier molecular flexibility index (Phi) is 4.98. The Labute approximate surface area is 124 Å². The van der Waals surface area contributed by atoms with Crippen molar-refractivity contribution in [1.82, 2.24) is 10.5 Å². The average molecular weight is 287 g/mol. The fraction of sp³-hybridized carbons (Fsp3) is 0.375. The molecule has 1 amide bonds. The van der Waals surface area contributed by atoms with E-state index in [4.69, 9.17) is 4.52 Å². The lowest BCUT2D eigenvalue weighted by Crippen LogP contribution is -2.24. The Morgan fingerprint density at radius 2 is 2.05 bits per heavy atom. The Morgan fingerprint density at radius 1 is 1.29 bits per heavy atom. The molecular formula is C16H21N3O2. The predicted octanol–water partition coefficient (Wildman–Crippen LogP) is 3.04. The highest BCUT2D eigenvalue weighted by atomic mass is 16.5. The standard InChI is InChI=1S/C16H21N3O2/c1-4-9-17-15-8-6-5-7-13(15)16(20)18-10-14-11(2)19-21-12(14)3/h5-8,17H,4,9-10H2,1-3H3,(H,18,20). The third-order valence-electron chi connectivity index (χ3n) is 3.34. The summed E-state index contributed by atoms with van der Waals surface area (Å²) < 4.78 is 5.10. The van der Waals surface area contributed by atoms with E-state index in [0.29, 0.717) is 12.1 Å². The molecule has 1 aromatic carbocycles. The fourth-order valence-corrected chi connectivity index (χ4v) is 2.11. The summed E-state index contributed by atoms with van der Waals surface area (Å²) in [6.07, 6.45) is 1.01. The van der Waals surface area contributed by atoms with Gasteiger partial charge in [-0.1, -0.05) is 24.2 Å². The van der Waals surface area contributed by atoms with E-state index in [1.165, 1.54) is 0 Å². The first kappa shape index (κ1) is 15.1. The summed E-state index contributed by atoms with van der Waals surface area (Å²) in [7, 11) is 0. The topological polar surface area (TPSA) is 67.2 Å². The Morgan fingerprint density at radius 3 is 2.71 bits per heavy atom. The van der Waals surface area contributed by atoms with Crippen molar-refractivity contribution in [2.24, 2.45) is 0 Å². The molecule has 0 unspecified atom stereocenters. The molecule has 0 aliphatic rings. The van der Waals surface area contributed by atoms with Crippen molar-refractivity contribution in [2.75, 3.05) is 11.9 Å². The molecule has 0 saturated carbocycles. The number of benzene rings is 1. The summed E-state index contributed by atoms with van der Waals surface area (Å²) in [6, 6.07) is 7.52. The highest BCUT2D eigenvalue weighted by Crippen LogP contribution is 2.16. The second-order valence-electron chi connectivity index (χ2n) is 4.96. The van der Waals surface area contributed by atoms with Gasteiger partial charge in [0.05, 0.1) is 11.3 Å². The molecule has 5 nitrogen and oxygen atoms in total. The number of amides is 1. The summed E-state index contributed by atoms with van der Waals surface area (Å²) in [4.78, 5) is 12.3. The van der Waals surface area contributed by atoms with Crippen LogP contribution in [-0.4, -0.2) is 17.6 Å². The van der Waals surface area contributed by atoms with Crippen LogP contribution in [0.2, 0.25) is 0 Å². The minimum absolute atomic E-state index is 0.103. The van der Waals surface area contributed by atoms with Gasteiger partial charge < -0.3 is 15.2 Å². The van der Waals surface area contributed by atoms with Gasteiger partial charge >= 0.3 is 0 Å². The zero-order valence-electron chi connectivity index (χ0n) is 12.7. The molecule has 0 bridgehead atoms. The Balaban J connectivity index is 2.07. The molecule has 21 heavy (non-hydrogen) atoms. The van der Waals surface area contributed by atoms with Crippen molar-refractivity contribution in [1.29, 1.82) is 0 Å². The van der Waals surface area contributed by atoms with E-state index >= 15 is 0 Å². The lowest BCUT2D eigenvalue weighted by molar-refractivity contribution is 0.0951. The summed E-state index contributed by atoms with van der Waals surface area (Å²) in [5, 5.41) is 10.1. The van der Waals surface area contributed by atoms with Gasteiger partial charge in [0, 0.05) is 24.3 Å². The molecule has 0 atom stereocenters. The van der Waals surface area contributed by atoms with Crippen molar-refractivity contribution >= 4 is 11.6 Å². The van der Waals surface area contributed by atoms with Crippen LogP contribution in [0.3, 0.4) is 0 Å². The van der Waals surface area contributed by atoms with E-state index in [0.717, 1.165) is 35.7 Å². The molecule has 2 N–H and O–H groups in total. The summed E-state index contributed by atoms with van der Waals surface area (Å²) >= 11 is 0. The van der Waals surface area contributed by atoms with E-state index in [1.54, 1.807) is 0 Å². The number of aryl methyl sites for hydroxylation is 2. The van der Waals surface area contributed by atoms with Crippen molar-refractivity contribution in [3.63, 3.8) is 0 Å². The van der Waals surface area contributed by atoms with Crippen molar-refractivity contribution in [3.05, 3.63) is 46.8 Å². The zero-order chi connectivity index (χ0) is 15.2. The molecule has 2 rings (SSSR count). The first-order valence-corrected chi connectivity index (χ1v) is 7.16. The third kappa shape index (κ3) is 3.62. The van der Waals surface area contributed by atoms with Gasteiger partial charge in [0.25, 0.3) is 5.91 Å². The summed E-state index contributed by atoms with van der Waals surface area (Å²) in [6.45, 7) is 7.07. The second kappa shape index (κ2) is 6.92. The van der Waals surface area contributed by atoms with Gasteiger partial charge in [-0.3, -0.25) is 4.79 Å². The van der Waals surface area contributed by atoms with Crippen LogP contribution in [0.5, 0.6) is 0 Å². The average Bonchev–Trinajstić information content (AvgIpc) is 2.82. The molecule has 112 valence electrons. The van der Waals surface area contributed by atoms with Gasteiger partial charge in [-0.05, 0) is 32.4 Å². The predicted molar refractivity (Wildman–Crippen MR) is 82.4 cm³/mol. The minimum atomic E-state index is -0.103. The zero-order valence-corrected chi connectivity index (χ0v) is 12.7. The van der Waals surface area contributed by atoms with Crippen molar-refractivity contribution < 1.29 is 9.32 Å². The third-order valence-corrected chi connectivity index (χ3v) is 3.34. The van der Waals surface area contributed by atoms with Crippen molar-refractivity contribution in [2.45, 2.75) is 33.7 Å². The largest absolute Gasteiger partial charge is 0.384 e. The van der Waals surface area contributed by atoms with Gasteiger partial charge in [-0.15, -0.1) is 0 Å². The number of anilines is 1. The normalized spacial score (nSPS) is 10.4. The number of carbonyl (C=O) groups excluding carboxylic acids is 1. The summed E-state index contributed by atoms with van der Waals surface area (Å²) in [5.74, 6) is 0.638.